The highest BCUT2D eigenvalue weighted by Gasteiger charge is 1.97. The molecule has 1 nitrogen and oxygen atoms in total. The minimum absolute atomic E-state index is 0.702. The zero-order chi connectivity index (χ0) is 11.7. The van der Waals surface area contributed by atoms with Gasteiger partial charge in [0.25, 0.3) is 0 Å². The van der Waals surface area contributed by atoms with Crippen LogP contribution in [0.5, 0.6) is 0 Å². The Morgan fingerprint density at radius 3 is 2.33 bits per heavy atom. The molecule has 0 atom stereocenters. The van der Waals surface area contributed by atoms with E-state index in [9.17, 15) is 0 Å². The average molecular weight is 209 g/mol. The van der Waals surface area contributed by atoms with Crippen molar-refractivity contribution >= 4 is 0 Å². The lowest BCUT2D eigenvalue weighted by atomic mass is 10.1. The highest BCUT2D eigenvalue weighted by Crippen LogP contribution is 2.07. The number of hydrogen-bond acceptors (Lipinski definition) is 1. The molecule has 0 bridgehead atoms. The van der Waals surface area contributed by atoms with Crippen molar-refractivity contribution in [2.24, 2.45) is 5.92 Å². The summed E-state index contributed by atoms with van der Waals surface area (Å²) in [5, 5.41) is 3.39. The average Bonchev–Trinajstić information content (AvgIpc) is 2.09. The smallest absolute Gasteiger partial charge is 0.0143 e. The van der Waals surface area contributed by atoms with Crippen molar-refractivity contribution in [2.45, 2.75) is 52.9 Å². The molecule has 0 rings (SSSR count). The summed E-state index contributed by atoms with van der Waals surface area (Å²) < 4.78 is 0. The molecule has 0 spiro atoms. The highest BCUT2D eigenvalue weighted by atomic mass is 14.9. The summed E-state index contributed by atoms with van der Waals surface area (Å²) in [5.41, 5.74) is 2.48. The fourth-order valence-corrected chi connectivity index (χ4v) is 1.56. The fraction of sp³-hybridized carbons (Fsp3) is 0.714. The third kappa shape index (κ3) is 11.2. The maximum Gasteiger partial charge on any atom is 0.0143 e. The maximum absolute atomic E-state index is 4.02. The number of rotatable bonds is 9. The van der Waals surface area contributed by atoms with Crippen LogP contribution >= 0.6 is 0 Å². The number of nitrogens with one attached hydrogen (secondary N) is 1. The van der Waals surface area contributed by atoms with Gasteiger partial charge in [0.05, 0.1) is 0 Å². The van der Waals surface area contributed by atoms with Crippen LogP contribution < -0.4 is 5.32 Å². The Hall–Kier alpha value is -0.720. The third-order valence-electron chi connectivity index (χ3n) is 2.31. The molecule has 0 aliphatic carbocycles. The van der Waals surface area contributed by atoms with Crippen molar-refractivity contribution in [3.05, 3.63) is 24.4 Å². The van der Waals surface area contributed by atoms with Crippen LogP contribution in [0.3, 0.4) is 0 Å². The van der Waals surface area contributed by atoms with Crippen LogP contribution in [-0.2, 0) is 0 Å². The molecule has 0 aromatic rings. The van der Waals surface area contributed by atoms with Gasteiger partial charge in [0.1, 0.15) is 0 Å². The van der Waals surface area contributed by atoms with E-state index in [0.29, 0.717) is 5.92 Å². The predicted molar refractivity (Wildman–Crippen MR) is 69.9 cm³/mol. The quantitative estimate of drug-likeness (QED) is 0.441. The standard InChI is InChI=1S/C14H27N/c1-12(2)9-7-6-8-10-15-14(5)11-13(3)4/h13,15H,1,5-11H2,2-4H3. The Morgan fingerprint density at radius 1 is 1.13 bits per heavy atom. The van der Waals surface area contributed by atoms with Crippen LogP contribution in [0, 0.1) is 5.92 Å². The molecule has 0 saturated heterocycles. The molecule has 0 saturated carbocycles. The molecule has 0 heterocycles. The Kier molecular flexibility index (Phi) is 8.17. The molecule has 0 radical (unpaired) electrons. The van der Waals surface area contributed by atoms with Crippen molar-refractivity contribution in [2.75, 3.05) is 6.54 Å². The van der Waals surface area contributed by atoms with Gasteiger partial charge in [0.15, 0.2) is 0 Å². The second kappa shape index (κ2) is 8.58. The van der Waals surface area contributed by atoms with Crippen LogP contribution in [0.15, 0.2) is 24.4 Å². The second-order valence-electron chi connectivity index (χ2n) is 4.90. The Labute approximate surface area is 95.7 Å². The van der Waals surface area contributed by atoms with Gasteiger partial charge >= 0.3 is 0 Å². The summed E-state index contributed by atoms with van der Waals surface area (Å²) in [6, 6.07) is 0. The van der Waals surface area contributed by atoms with E-state index in [1.54, 1.807) is 0 Å². The SMILES string of the molecule is C=C(C)CCCCCNC(=C)CC(C)C. The molecule has 0 unspecified atom stereocenters. The lowest BCUT2D eigenvalue weighted by Crippen LogP contribution is -2.15. The van der Waals surface area contributed by atoms with Crippen molar-refractivity contribution < 1.29 is 0 Å². The molecular formula is C14H27N. The van der Waals surface area contributed by atoms with Crippen molar-refractivity contribution in [1.29, 1.82) is 0 Å². The molecule has 0 aromatic carbocycles. The zero-order valence-electron chi connectivity index (χ0n) is 10.7. The molecular weight excluding hydrogens is 182 g/mol. The summed E-state index contributed by atoms with van der Waals surface area (Å²) in [6.07, 6.45) is 6.06. The Morgan fingerprint density at radius 2 is 1.80 bits per heavy atom. The van der Waals surface area contributed by atoms with Gasteiger partial charge in [-0.05, 0) is 38.5 Å². The molecule has 0 aliphatic rings. The van der Waals surface area contributed by atoms with Gasteiger partial charge in [0, 0.05) is 12.2 Å². The van der Waals surface area contributed by atoms with Gasteiger partial charge in [-0.1, -0.05) is 32.4 Å². The summed E-state index contributed by atoms with van der Waals surface area (Å²) in [7, 11) is 0. The van der Waals surface area contributed by atoms with Crippen LogP contribution in [0.2, 0.25) is 0 Å². The largest absolute Gasteiger partial charge is 0.389 e. The van der Waals surface area contributed by atoms with Crippen LogP contribution in [0.1, 0.15) is 52.9 Å². The highest BCUT2D eigenvalue weighted by molar-refractivity contribution is 4.91. The molecule has 0 aliphatic heterocycles. The molecule has 0 amide bonds. The first-order chi connectivity index (χ1) is 7.02. The van der Waals surface area contributed by atoms with Gasteiger partial charge in [-0.15, -0.1) is 6.58 Å². The first-order valence-corrected chi connectivity index (χ1v) is 6.08. The number of allylic oxidation sites excluding steroid dienone is 2. The Balaban J connectivity index is 3.24. The molecule has 1 N–H and O–H groups in total. The first kappa shape index (κ1) is 14.3. The predicted octanol–water partition coefficient (Wildman–Crippen LogP) is 4.27. The van der Waals surface area contributed by atoms with E-state index in [-0.39, 0.29) is 0 Å². The molecule has 88 valence electrons. The van der Waals surface area contributed by atoms with Crippen molar-refractivity contribution in [3.63, 3.8) is 0 Å². The second-order valence-corrected chi connectivity index (χ2v) is 4.90. The van der Waals surface area contributed by atoms with Gasteiger partial charge < -0.3 is 5.32 Å². The van der Waals surface area contributed by atoms with Gasteiger partial charge in [-0.25, -0.2) is 0 Å². The van der Waals surface area contributed by atoms with E-state index >= 15 is 0 Å². The van der Waals surface area contributed by atoms with Gasteiger partial charge in [-0.3, -0.25) is 0 Å². The molecule has 0 fully saturated rings. The summed E-state index contributed by atoms with van der Waals surface area (Å²) in [6.45, 7) is 15.5. The number of hydrogen-bond donors (Lipinski definition) is 1. The fourth-order valence-electron chi connectivity index (χ4n) is 1.56. The minimum Gasteiger partial charge on any atom is -0.389 e. The van der Waals surface area contributed by atoms with E-state index in [0.717, 1.165) is 13.0 Å². The van der Waals surface area contributed by atoms with E-state index < -0.39 is 0 Å². The van der Waals surface area contributed by atoms with Crippen LogP contribution in [-0.4, -0.2) is 6.54 Å². The monoisotopic (exact) mass is 209 g/mol. The Bertz CT molecular complexity index is 192. The molecule has 1 heteroatoms. The zero-order valence-corrected chi connectivity index (χ0v) is 10.7. The summed E-state index contributed by atoms with van der Waals surface area (Å²) >= 11 is 0. The van der Waals surface area contributed by atoms with E-state index in [4.69, 9.17) is 0 Å². The molecule has 0 aromatic heterocycles. The lowest BCUT2D eigenvalue weighted by Gasteiger charge is -2.11. The lowest BCUT2D eigenvalue weighted by molar-refractivity contribution is 0.582. The normalized spacial score (nSPS) is 10.4. The van der Waals surface area contributed by atoms with Crippen LogP contribution in [0.25, 0.3) is 0 Å². The summed E-state index contributed by atoms with van der Waals surface area (Å²) in [5.74, 6) is 0.702. The summed E-state index contributed by atoms with van der Waals surface area (Å²) in [4.78, 5) is 0. The van der Waals surface area contributed by atoms with Crippen LogP contribution in [0.4, 0.5) is 0 Å². The molecule has 15 heavy (non-hydrogen) atoms. The van der Waals surface area contributed by atoms with Crippen molar-refractivity contribution in [3.8, 4) is 0 Å². The first-order valence-electron chi connectivity index (χ1n) is 6.08. The minimum atomic E-state index is 0.702. The van der Waals surface area contributed by atoms with E-state index in [2.05, 4.69) is 39.2 Å². The van der Waals surface area contributed by atoms with Crippen molar-refractivity contribution in [1.82, 2.24) is 5.32 Å². The van der Waals surface area contributed by atoms with E-state index in [1.807, 2.05) is 0 Å². The topological polar surface area (TPSA) is 12.0 Å². The van der Waals surface area contributed by atoms with E-state index in [1.165, 1.54) is 37.0 Å². The third-order valence-corrected chi connectivity index (χ3v) is 2.31. The van der Waals surface area contributed by atoms with Gasteiger partial charge in [0.2, 0.25) is 0 Å². The van der Waals surface area contributed by atoms with Gasteiger partial charge in [-0.2, -0.15) is 0 Å². The number of unbranched alkanes of at least 4 members (excludes halogenated alkanes) is 2. The maximum atomic E-state index is 4.02.